The van der Waals surface area contributed by atoms with Gasteiger partial charge in [-0.25, -0.2) is 18.4 Å². The van der Waals surface area contributed by atoms with Crippen LogP contribution in [0.5, 0.6) is 0 Å². The van der Waals surface area contributed by atoms with Crippen molar-refractivity contribution in [2.75, 3.05) is 13.1 Å². The van der Waals surface area contributed by atoms with Gasteiger partial charge in [-0.05, 0) is 44.0 Å². The Morgan fingerprint density at radius 1 is 1.10 bits per heavy atom. The molecule has 0 spiro atoms. The van der Waals surface area contributed by atoms with E-state index in [9.17, 15) is 18.5 Å². The van der Waals surface area contributed by atoms with Crippen LogP contribution in [0.15, 0.2) is 35.2 Å². The van der Waals surface area contributed by atoms with Gasteiger partial charge in [-0.15, -0.1) is 0 Å². The van der Waals surface area contributed by atoms with Gasteiger partial charge in [0, 0.05) is 30.9 Å². The SMILES string of the molecule is CCN(CC)S(=O)(=O)c1ccc(CCC(=O)C(C#N)c2nc(C)cc(C)n2)cc1. The number of hydrogen-bond donors (Lipinski definition) is 0. The number of carbonyl (C=O) groups is 1. The third kappa shape index (κ3) is 5.46. The highest BCUT2D eigenvalue weighted by Crippen LogP contribution is 2.19. The molecule has 0 aliphatic heterocycles. The van der Waals surface area contributed by atoms with Crippen molar-refractivity contribution in [1.82, 2.24) is 14.3 Å². The van der Waals surface area contributed by atoms with Gasteiger partial charge in [-0.2, -0.15) is 9.57 Å². The molecule has 29 heavy (non-hydrogen) atoms. The van der Waals surface area contributed by atoms with Crippen LogP contribution in [0, 0.1) is 25.2 Å². The first-order valence-corrected chi connectivity index (χ1v) is 11.0. The van der Waals surface area contributed by atoms with Crippen molar-refractivity contribution in [3.8, 4) is 6.07 Å². The molecule has 1 atom stereocenters. The van der Waals surface area contributed by atoms with Crippen LogP contribution in [0.25, 0.3) is 0 Å². The summed E-state index contributed by atoms with van der Waals surface area (Å²) >= 11 is 0. The number of nitriles is 1. The van der Waals surface area contributed by atoms with Crippen LogP contribution < -0.4 is 0 Å². The van der Waals surface area contributed by atoms with Crippen molar-refractivity contribution in [3.05, 3.63) is 53.1 Å². The first kappa shape index (κ1) is 22.7. The Morgan fingerprint density at radius 2 is 1.66 bits per heavy atom. The van der Waals surface area contributed by atoms with E-state index >= 15 is 0 Å². The van der Waals surface area contributed by atoms with Gasteiger partial charge in [0.2, 0.25) is 10.0 Å². The van der Waals surface area contributed by atoms with Crippen LogP contribution in [-0.2, 0) is 21.2 Å². The Hall–Kier alpha value is -2.63. The third-order valence-electron chi connectivity index (χ3n) is 4.64. The number of rotatable bonds is 9. The minimum absolute atomic E-state index is 0.150. The smallest absolute Gasteiger partial charge is 0.243 e. The van der Waals surface area contributed by atoms with Crippen molar-refractivity contribution >= 4 is 15.8 Å². The number of benzene rings is 1. The molecule has 0 N–H and O–H groups in total. The van der Waals surface area contributed by atoms with Gasteiger partial charge < -0.3 is 0 Å². The van der Waals surface area contributed by atoms with Gasteiger partial charge in [0.25, 0.3) is 0 Å². The zero-order valence-electron chi connectivity index (χ0n) is 17.2. The summed E-state index contributed by atoms with van der Waals surface area (Å²) in [5, 5.41) is 9.43. The fraction of sp³-hybridized carbons (Fsp3) is 0.429. The lowest BCUT2D eigenvalue weighted by Gasteiger charge is -2.18. The van der Waals surface area contributed by atoms with Crippen molar-refractivity contribution in [2.24, 2.45) is 0 Å². The quantitative estimate of drug-likeness (QED) is 0.625. The lowest BCUT2D eigenvalue weighted by Crippen LogP contribution is -2.30. The lowest BCUT2D eigenvalue weighted by atomic mass is 9.98. The topological polar surface area (TPSA) is 104 Å². The van der Waals surface area contributed by atoms with Crippen LogP contribution in [0.1, 0.15) is 49.0 Å². The van der Waals surface area contributed by atoms with E-state index in [1.165, 1.54) is 4.31 Å². The molecule has 0 aliphatic carbocycles. The highest BCUT2D eigenvalue weighted by Gasteiger charge is 2.24. The molecule has 7 nitrogen and oxygen atoms in total. The van der Waals surface area contributed by atoms with Crippen molar-refractivity contribution in [2.45, 2.75) is 51.3 Å². The van der Waals surface area contributed by atoms with Gasteiger partial charge >= 0.3 is 0 Å². The molecule has 1 aromatic heterocycles. The summed E-state index contributed by atoms with van der Waals surface area (Å²) < 4.78 is 26.5. The maximum atomic E-state index is 12.6. The number of Topliss-reactive ketones (excluding diaryl/α,β-unsaturated/α-hetero) is 1. The maximum Gasteiger partial charge on any atom is 0.243 e. The van der Waals surface area contributed by atoms with Gasteiger partial charge in [-0.1, -0.05) is 26.0 Å². The van der Waals surface area contributed by atoms with E-state index in [2.05, 4.69) is 9.97 Å². The molecule has 0 radical (unpaired) electrons. The molecule has 1 heterocycles. The summed E-state index contributed by atoms with van der Waals surface area (Å²) in [5.74, 6) is -1.02. The zero-order valence-corrected chi connectivity index (χ0v) is 18.0. The van der Waals surface area contributed by atoms with Crippen molar-refractivity contribution in [3.63, 3.8) is 0 Å². The minimum Gasteiger partial charge on any atom is -0.298 e. The lowest BCUT2D eigenvalue weighted by molar-refractivity contribution is -0.119. The summed E-state index contributed by atoms with van der Waals surface area (Å²) in [6, 6.07) is 10.3. The van der Waals surface area contributed by atoms with Crippen molar-refractivity contribution < 1.29 is 13.2 Å². The maximum absolute atomic E-state index is 12.6. The second kappa shape index (κ2) is 9.72. The summed E-state index contributed by atoms with van der Waals surface area (Å²) in [6.07, 6.45) is 0.560. The van der Waals surface area contributed by atoms with Crippen molar-refractivity contribution in [1.29, 1.82) is 5.26 Å². The van der Waals surface area contributed by atoms with E-state index in [0.29, 0.717) is 30.9 Å². The largest absolute Gasteiger partial charge is 0.298 e. The first-order chi connectivity index (χ1) is 13.7. The molecule has 0 saturated heterocycles. The van der Waals surface area contributed by atoms with E-state index in [1.54, 1.807) is 58.0 Å². The van der Waals surface area contributed by atoms with E-state index in [0.717, 1.165) is 5.56 Å². The molecule has 154 valence electrons. The molecule has 2 aromatic rings. The number of aromatic nitrogens is 2. The van der Waals surface area contributed by atoms with E-state index < -0.39 is 15.9 Å². The Bertz CT molecular complexity index is 987. The van der Waals surface area contributed by atoms with E-state index in [1.807, 2.05) is 6.07 Å². The second-order valence-corrected chi connectivity index (χ2v) is 8.71. The molecular formula is C21H26N4O3S. The highest BCUT2D eigenvalue weighted by atomic mass is 32.2. The fourth-order valence-electron chi connectivity index (χ4n) is 3.11. The number of nitrogens with zero attached hydrogens (tertiary/aromatic N) is 4. The predicted octanol–water partition coefficient (Wildman–Crippen LogP) is 2.93. The normalized spacial score (nSPS) is 12.6. The first-order valence-electron chi connectivity index (χ1n) is 9.56. The van der Waals surface area contributed by atoms with Gasteiger partial charge in [0.15, 0.2) is 17.5 Å². The molecule has 0 aliphatic rings. The second-order valence-electron chi connectivity index (χ2n) is 6.77. The van der Waals surface area contributed by atoms with Crippen LogP contribution in [0.3, 0.4) is 0 Å². The van der Waals surface area contributed by atoms with Gasteiger partial charge in [0.1, 0.15) is 0 Å². The Labute approximate surface area is 172 Å². The van der Waals surface area contributed by atoms with E-state index in [-0.39, 0.29) is 22.9 Å². The molecule has 0 saturated carbocycles. The number of aryl methyl sites for hydroxylation is 3. The van der Waals surface area contributed by atoms with Crippen LogP contribution in [-0.4, -0.2) is 41.6 Å². The monoisotopic (exact) mass is 414 g/mol. The van der Waals surface area contributed by atoms with Crippen LogP contribution in [0.4, 0.5) is 0 Å². The molecule has 0 bridgehead atoms. The molecule has 2 rings (SSSR count). The van der Waals surface area contributed by atoms with Gasteiger partial charge in [0.05, 0.1) is 11.0 Å². The summed E-state index contributed by atoms with van der Waals surface area (Å²) in [5.41, 5.74) is 2.26. The minimum atomic E-state index is -3.50. The number of ketones is 1. The van der Waals surface area contributed by atoms with Crippen LogP contribution >= 0.6 is 0 Å². The van der Waals surface area contributed by atoms with Crippen LogP contribution in [0.2, 0.25) is 0 Å². The average Bonchev–Trinajstić information content (AvgIpc) is 2.67. The number of sulfonamides is 1. The molecular weight excluding hydrogens is 388 g/mol. The summed E-state index contributed by atoms with van der Waals surface area (Å²) in [7, 11) is -3.50. The zero-order chi connectivity index (χ0) is 21.6. The molecule has 1 unspecified atom stereocenters. The van der Waals surface area contributed by atoms with Gasteiger partial charge in [-0.3, -0.25) is 4.79 Å². The molecule has 0 fully saturated rings. The fourth-order valence-corrected chi connectivity index (χ4v) is 4.57. The predicted molar refractivity (Wildman–Crippen MR) is 110 cm³/mol. The van der Waals surface area contributed by atoms with E-state index in [4.69, 9.17) is 0 Å². The number of hydrogen-bond acceptors (Lipinski definition) is 6. The standard InChI is InChI=1S/C21H26N4O3S/c1-5-25(6-2)29(27,28)18-10-7-17(8-11-18)9-12-20(26)19(14-22)21-23-15(3)13-16(4)24-21/h7-8,10-11,13,19H,5-6,9,12H2,1-4H3. The Kier molecular flexibility index (Phi) is 7.59. The average molecular weight is 415 g/mol. The highest BCUT2D eigenvalue weighted by molar-refractivity contribution is 7.89. The summed E-state index contributed by atoms with van der Waals surface area (Å²) in [6.45, 7) is 8.00. The summed E-state index contributed by atoms with van der Waals surface area (Å²) in [4.78, 5) is 21.2. The molecule has 1 aromatic carbocycles. The third-order valence-corrected chi connectivity index (χ3v) is 6.70. The Morgan fingerprint density at radius 3 is 2.14 bits per heavy atom. The Balaban J connectivity index is 2.09. The number of carbonyl (C=O) groups excluding carboxylic acids is 1. The molecule has 0 amide bonds. The molecule has 8 heteroatoms.